The molecule has 0 aliphatic heterocycles. The van der Waals surface area contributed by atoms with Crippen molar-refractivity contribution < 1.29 is 9.59 Å². The quantitative estimate of drug-likeness (QED) is 0.435. The first kappa shape index (κ1) is 23.5. The monoisotopic (exact) mass is 478 g/mol. The molecule has 0 radical (unpaired) electrons. The summed E-state index contributed by atoms with van der Waals surface area (Å²) >= 11 is 1.14. The maximum atomic E-state index is 13.5. The number of urea groups is 1. The Morgan fingerprint density at radius 3 is 2.35 bits per heavy atom. The van der Waals surface area contributed by atoms with Gasteiger partial charge < -0.3 is 5.32 Å². The number of benzene rings is 2. The number of rotatable bonds is 4. The number of hydrogen-bond acceptors (Lipinski definition) is 6. The van der Waals surface area contributed by atoms with Gasteiger partial charge in [-0.1, -0.05) is 42.1 Å². The molecule has 3 amide bonds. The molecule has 0 saturated carbocycles. The summed E-state index contributed by atoms with van der Waals surface area (Å²) < 4.78 is 3.34. The number of aryl methyl sites for hydroxylation is 2. The molecular formula is C24H26N6O3S. The predicted molar refractivity (Wildman–Crippen MR) is 133 cm³/mol. The molecule has 0 saturated heterocycles. The number of carbonyl (C=O) groups is 2. The van der Waals surface area contributed by atoms with Gasteiger partial charge in [-0.3, -0.25) is 19.3 Å². The van der Waals surface area contributed by atoms with Gasteiger partial charge in [0.05, 0.1) is 22.3 Å². The van der Waals surface area contributed by atoms with E-state index >= 15 is 0 Å². The Morgan fingerprint density at radius 1 is 1.00 bits per heavy atom. The van der Waals surface area contributed by atoms with Crippen molar-refractivity contribution in [2.45, 2.75) is 45.3 Å². The minimum absolute atomic E-state index is 0.0464. The number of aromatic nitrogens is 4. The molecule has 0 unspecified atom stereocenters. The van der Waals surface area contributed by atoms with E-state index in [1.54, 1.807) is 15.0 Å². The molecule has 2 aromatic carbocycles. The second-order valence-electron chi connectivity index (χ2n) is 9.06. The van der Waals surface area contributed by atoms with E-state index in [2.05, 4.69) is 20.8 Å². The summed E-state index contributed by atoms with van der Waals surface area (Å²) in [5, 5.41) is 14.6. The average molecular weight is 479 g/mol. The van der Waals surface area contributed by atoms with Gasteiger partial charge in [0.25, 0.3) is 5.56 Å². The standard InChI is InChI=1S/C24H26N6O3S/c1-14-9-8-10-15(2)19(14)30-20(32)16-11-6-7-12-17(16)29-22(30)27-28-23(29)34-13-18(31)25-21(33)26-24(3,4)5/h6-12H,13H2,1-5H3,(H2,25,26,31,33). The van der Waals surface area contributed by atoms with Crippen LogP contribution in [0.4, 0.5) is 4.79 Å². The highest BCUT2D eigenvalue weighted by Crippen LogP contribution is 2.25. The summed E-state index contributed by atoms with van der Waals surface area (Å²) in [6.07, 6.45) is 0. The summed E-state index contributed by atoms with van der Waals surface area (Å²) in [4.78, 5) is 37.9. The molecule has 4 rings (SSSR count). The molecule has 2 heterocycles. The van der Waals surface area contributed by atoms with E-state index in [4.69, 9.17) is 0 Å². The van der Waals surface area contributed by atoms with Gasteiger partial charge in [-0.15, -0.1) is 10.2 Å². The van der Waals surface area contributed by atoms with Gasteiger partial charge in [0.15, 0.2) is 5.16 Å². The summed E-state index contributed by atoms with van der Waals surface area (Å²) in [5.41, 5.74) is 2.60. The molecule has 0 aliphatic carbocycles. The van der Waals surface area contributed by atoms with Crippen LogP contribution in [0.15, 0.2) is 52.4 Å². The lowest BCUT2D eigenvalue weighted by atomic mass is 10.1. The fourth-order valence-corrected chi connectivity index (χ4v) is 4.54. The van der Waals surface area contributed by atoms with Crippen LogP contribution in [-0.2, 0) is 4.79 Å². The summed E-state index contributed by atoms with van der Waals surface area (Å²) in [5.74, 6) is -0.153. The fourth-order valence-electron chi connectivity index (χ4n) is 3.80. The van der Waals surface area contributed by atoms with Gasteiger partial charge in [0, 0.05) is 5.54 Å². The van der Waals surface area contributed by atoms with E-state index in [0.717, 1.165) is 28.6 Å². The molecule has 0 bridgehead atoms. The number of nitrogens with zero attached hydrogens (tertiary/aromatic N) is 4. The van der Waals surface area contributed by atoms with Crippen LogP contribution < -0.4 is 16.2 Å². The molecule has 0 spiro atoms. The van der Waals surface area contributed by atoms with E-state index in [9.17, 15) is 14.4 Å². The Morgan fingerprint density at radius 2 is 1.68 bits per heavy atom. The van der Waals surface area contributed by atoms with Crippen LogP contribution in [0.2, 0.25) is 0 Å². The molecule has 176 valence electrons. The first-order valence-corrected chi connectivity index (χ1v) is 11.8. The third-order valence-corrected chi connectivity index (χ3v) is 6.06. The molecule has 0 fully saturated rings. The fraction of sp³-hybridized carbons (Fsp3) is 0.292. The average Bonchev–Trinajstić information content (AvgIpc) is 3.16. The number of thioether (sulfide) groups is 1. The zero-order valence-electron chi connectivity index (χ0n) is 19.7. The Balaban J connectivity index is 1.77. The van der Waals surface area contributed by atoms with Gasteiger partial charge in [0.1, 0.15) is 0 Å². The van der Waals surface area contributed by atoms with Crippen molar-refractivity contribution in [2.75, 3.05) is 5.75 Å². The number of fused-ring (bicyclic) bond motifs is 3. The van der Waals surface area contributed by atoms with Gasteiger partial charge in [-0.2, -0.15) is 0 Å². The molecule has 2 aromatic heterocycles. The van der Waals surface area contributed by atoms with Gasteiger partial charge in [-0.25, -0.2) is 9.36 Å². The van der Waals surface area contributed by atoms with Crippen LogP contribution in [-0.4, -0.2) is 42.4 Å². The highest BCUT2D eigenvalue weighted by Gasteiger charge is 2.21. The molecule has 10 heteroatoms. The number of carbonyl (C=O) groups excluding carboxylic acids is 2. The molecular weight excluding hydrogens is 452 g/mol. The second-order valence-corrected chi connectivity index (χ2v) is 10.00. The van der Waals surface area contributed by atoms with Gasteiger partial charge in [-0.05, 0) is 57.9 Å². The van der Waals surface area contributed by atoms with Crippen molar-refractivity contribution in [3.63, 3.8) is 0 Å². The highest BCUT2D eigenvalue weighted by molar-refractivity contribution is 7.99. The molecule has 34 heavy (non-hydrogen) atoms. The van der Waals surface area contributed by atoms with Crippen LogP contribution in [0.5, 0.6) is 0 Å². The smallest absolute Gasteiger partial charge is 0.321 e. The summed E-state index contributed by atoms with van der Waals surface area (Å²) in [7, 11) is 0. The molecule has 4 aromatic rings. The lowest BCUT2D eigenvalue weighted by Gasteiger charge is -2.20. The third-order valence-electron chi connectivity index (χ3n) is 5.13. The number of hydrogen-bond donors (Lipinski definition) is 2. The first-order valence-electron chi connectivity index (χ1n) is 10.8. The summed E-state index contributed by atoms with van der Waals surface area (Å²) in [6.45, 7) is 9.37. The molecule has 2 N–H and O–H groups in total. The Kier molecular flexibility index (Phi) is 6.18. The van der Waals surface area contributed by atoms with E-state index in [-0.39, 0.29) is 11.3 Å². The van der Waals surface area contributed by atoms with Crippen LogP contribution >= 0.6 is 11.8 Å². The maximum absolute atomic E-state index is 13.5. The zero-order valence-corrected chi connectivity index (χ0v) is 20.5. The minimum atomic E-state index is -0.557. The minimum Gasteiger partial charge on any atom is -0.333 e. The SMILES string of the molecule is Cc1cccc(C)c1-n1c(=O)c2ccccc2n2c(SCC(=O)NC(=O)NC(C)(C)C)nnc12. The van der Waals surface area contributed by atoms with E-state index in [1.807, 2.05) is 71.0 Å². The zero-order chi connectivity index (χ0) is 24.6. The Labute approximate surface area is 200 Å². The summed E-state index contributed by atoms with van der Waals surface area (Å²) in [6, 6.07) is 12.5. The van der Waals surface area contributed by atoms with Crippen molar-refractivity contribution in [1.82, 2.24) is 29.8 Å². The van der Waals surface area contributed by atoms with Gasteiger partial charge in [0.2, 0.25) is 11.7 Å². The van der Waals surface area contributed by atoms with E-state index in [0.29, 0.717) is 21.8 Å². The Bertz CT molecular complexity index is 1460. The number of para-hydroxylation sites is 2. The van der Waals surface area contributed by atoms with Crippen molar-refractivity contribution in [3.05, 3.63) is 63.9 Å². The highest BCUT2D eigenvalue weighted by atomic mass is 32.2. The van der Waals surface area contributed by atoms with Crippen molar-refractivity contribution in [1.29, 1.82) is 0 Å². The van der Waals surface area contributed by atoms with Crippen LogP contribution in [0.3, 0.4) is 0 Å². The van der Waals surface area contributed by atoms with Crippen LogP contribution in [0.1, 0.15) is 31.9 Å². The number of amides is 3. The molecule has 0 atom stereocenters. The molecule has 9 nitrogen and oxygen atoms in total. The molecule has 0 aliphatic rings. The second kappa shape index (κ2) is 8.94. The topological polar surface area (TPSA) is 110 Å². The normalized spacial score (nSPS) is 11.7. The lowest BCUT2D eigenvalue weighted by molar-refractivity contribution is -0.117. The largest absolute Gasteiger partial charge is 0.333 e. The number of nitrogens with one attached hydrogen (secondary N) is 2. The van der Waals surface area contributed by atoms with E-state index in [1.165, 1.54) is 0 Å². The lowest BCUT2D eigenvalue weighted by Crippen LogP contribution is -2.48. The first-order chi connectivity index (χ1) is 16.1. The van der Waals surface area contributed by atoms with Crippen LogP contribution in [0.25, 0.3) is 22.4 Å². The van der Waals surface area contributed by atoms with E-state index < -0.39 is 17.5 Å². The predicted octanol–water partition coefficient (Wildman–Crippen LogP) is 3.37. The van der Waals surface area contributed by atoms with Crippen molar-refractivity contribution >= 4 is 40.4 Å². The number of imide groups is 1. The Hall–Kier alpha value is -3.66. The third kappa shape index (κ3) is 4.54. The van der Waals surface area contributed by atoms with Crippen molar-refractivity contribution in [3.8, 4) is 5.69 Å². The van der Waals surface area contributed by atoms with Crippen molar-refractivity contribution in [2.24, 2.45) is 0 Å². The van der Waals surface area contributed by atoms with Gasteiger partial charge >= 0.3 is 6.03 Å². The maximum Gasteiger partial charge on any atom is 0.321 e. The van der Waals surface area contributed by atoms with Crippen LogP contribution in [0, 0.1) is 13.8 Å².